The van der Waals surface area contributed by atoms with E-state index in [2.05, 4.69) is 10.1 Å². The van der Waals surface area contributed by atoms with Crippen LogP contribution in [0.5, 0.6) is 0 Å². The Morgan fingerprint density at radius 3 is 2.07 bits per heavy atom. The molecule has 0 aliphatic heterocycles. The van der Waals surface area contributed by atoms with Gasteiger partial charge in [0.1, 0.15) is 12.1 Å². The number of carbonyl (C=O) groups excluding carboxylic acids is 3. The first-order valence-corrected chi connectivity index (χ1v) is 7.94. The summed E-state index contributed by atoms with van der Waals surface area (Å²) in [4.78, 5) is 57.7. The fraction of sp³-hybridized carbons (Fsp3) is 0.353. The van der Waals surface area contributed by atoms with Crippen molar-refractivity contribution in [3.05, 3.63) is 35.9 Å². The van der Waals surface area contributed by atoms with Gasteiger partial charge in [-0.15, -0.1) is 0 Å². The number of aliphatic carboxylic acids is 2. The zero-order valence-corrected chi connectivity index (χ0v) is 14.7. The fourth-order valence-electron chi connectivity index (χ4n) is 2.04. The first-order chi connectivity index (χ1) is 12.6. The second kappa shape index (κ2) is 9.90. The van der Waals surface area contributed by atoms with E-state index >= 15 is 0 Å². The third kappa shape index (κ3) is 7.14. The maximum Gasteiger partial charge on any atom is 0.415 e. The Labute approximate surface area is 154 Å². The van der Waals surface area contributed by atoms with Crippen molar-refractivity contribution < 1.29 is 38.9 Å². The number of amides is 2. The molecule has 0 radical (unpaired) electrons. The van der Waals surface area contributed by atoms with Crippen LogP contribution in [0.25, 0.3) is 0 Å². The highest BCUT2D eigenvalue weighted by Gasteiger charge is 2.30. The second-order valence-corrected chi connectivity index (χ2v) is 5.91. The lowest BCUT2D eigenvalue weighted by Crippen LogP contribution is -2.54. The van der Waals surface area contributed by atoms with E-state index in [1.807, 2.05) is 5.32 Å². The lowest BCUT2D eigenvalue weighted by atomic mass is 10.0. The van der Waals surface area contributed by atoms with Crippen molar-refractivity contribution >= 4 is 29.9 Å². The molecule has 1 aromatic rings. The van der Waals surface area contributed by atoms with Crippen molar-refractivity contribution in [3.63, 3.8) is 0 Å². The number of rotatable bonds is 8. The minimum Gasteiger partial charge on any atom is -0.481 e. The van der Waals surface area contributed by atoms with Gasteiger partial charge in [-0.25, -0.2) is 14.4 Å². The quantitative estimate of drug-likeness (QED) is 0.377. The highest BCUT2D eigenvalue weighted by Crippen LogP contribution is 2.06. The average molecular weight is 380 g/mol. The highest BCUT2D eigenvalue weighted by atomic mass is 16.6. The molecule has 0 aromatic heterocycles. The van der Waals surface area contributed by atoms with Crippen LogP contribution in [-0.2, 0) is 19.1 Å². The van der Waals surface area contributed by atoms with Crippen LogP contribution in [0.4, 0.5) is 4.79 Å². The number of alkyl carbamates (subject to hydrolysis) is 1. The van der Waals surface area contributed by atoms with Crippen molar-refractivity contribution in [2.45, 2.75) is 32.4 Å². The number of ether oxygens (including phenoxy) is 1. The SMILES string of the molecule is CC(C)[C@H](NC(=O)OC(=O)c1ccccc1)C(=O)N[C@@H](CC(=O)O)C(=O)O. The van der Waals surface area contributed by atoms with Gasteiger partial charge in [0.2, 0.25) is 5.91 Å². The summed E-state index contributed by atoms with van der Waals surface area (Å²) >= 11 is 0. The molecule has 0 heterocycles. The lowest BCUT2D eigenvalue weighted by molar-refractivity contribution is -0.147. The second-order valence-electron chi connectivity index (χ2n) is 5.91. The van der Waals surface area contributed by atoms with E-state index in [1.54, 1.807) is 32.0 Å². The zero-order chi connectivity index (χ0) is 20.6. The van der Waals surface area contributed by atoms with Crippen LogP contribution in [0.2, 0.25) is 0 Å². The average Bonchev–Trinajstić information content (AvgIpc) is 2.58. The minimum atomic E-state index is -1.67. The van der Waals surface area contributed by atoms with Gasteiger partial charge in [0, 0.05) is 0 Å². The number of nitrogens with one attached hydrogen (secondary N) is 2. The standard InChI is InChI=1S/C17H20N2O8/c1-9(2)13(14(22)18-11(15(23)24)8-12(20)21)19-17(26)27-16(25)10-6-4-3-5-7-10/h3-7,9,11,13H,8H2,1-2H3,(H,18,22)(H,19,26)(H,20,21)(H,23,24)/t11-,13-/m0/s1. The maximum atomic E-state index is 12.2. The Kier molecular flexibility index (Phi) is 7.92. The van der Waals surface area contributed by atoms with E-state index in [1.165, 1.54) is 12.1 Å². The van der Waals surface area contributed by atoms with Gasteiger partial charge in [-0.2, -0.15) is 0 Å². The Hall–Kier alpha value is -3.43. The molecule has 1 rings (SSSR count). The number of carbonyl (C=O) groups is 5. The number of benzene rings is 1. The summed E-state index contributed by atoms with van der Waals surface area (Å²) in [6.07, 6.45) is -2.02. The van der Waals surface area contributed by atoms with Crippen LogP contribution >= 0.6 is 0 Å². The summed E-state index contributed by atoms with van der Waals surface area (Å²) in [7, 11) is 0. The molecule has 0 saturated heterocycles. The van der Waals surface area contributed by atoms with E-state index in [0.29, 0.717) is 0 Å². The molecule has 10 nitrogen and oxygen atoms in total. The fourth-order valence-corrected chi connectivity index (χ4v) is 2.04. The Balaban J connectivity index is 2.75. The molecule has 0 bridgehead atoms. The molecule has 0 aliphatic rings. The van der Waals surface area contributed by atoms with Gasteiger partial charge < -0.3 is 25.6 Å². The van der Waals surface area contributed by atoms with E-state index in [9.17, 15) is 24.0 Å². The lowest BCUT2D eigenvalue weighted by Gasteiger charge is -2.23. The van der Waals surface area contributed by atoms with Crippen LogP contribution in [-0.4, -0.2) is 52.2 Å². The topological polar surface area (TPSA) is 159 Å². The maximum absolute atomic E-state index is 12.2. The van der Waals surface area contributed by atoms with Crippen molar-refractivity contribution in [2.75, 3.05) is 0 Å². The summed E-state index contributed by atoms with van der Waals surface area (Å²) in [5, 5.41) is 21.9. The van der Waals surface area contributed by atoms with Crippen LogP contribution in [0.1, 0.15) is 30.6 Å². The molecule has 146 valence electrons. The molecule has 0 aliphatic carbocycles. The number of hydrogen-bond acceptors (Lipinski definition) is 6. The summed E-state index contributed by atoms with van der Waals surface area (Å²) < 4.78 is 4.60. The zero-order valence-electron chi connectivity index (χ0n) is 14.7. The number of hydrogen-bond donors (Lipinski definition) is 4. The van der Waals surface area contributed by atoms with Crippen molar-refractivity contribution in [1.29, 1.82) is 0 Å². The Morgan fingerprint density at radius 1 is 1.00 bits per heavy atom. The van der Waals surface area contributed by atoms with Crippen LogP contribution in [0.3, 0.4) is 0 Å². The summed E-state index contributed by atoms with van der Waals surface area (Å²) in [5.41, 5.74) is 0.130. The van der Waals surface area contributed by atoms with Gasteiger partial charge in [-0.05, 0) is 18.1 Å². The van der Waals surface area contributed by atoms with E-state index in [0.717, 1.165) is 0 Å². The first-order valence-electron chi connectivity index (χ1n) is 7.94. The molecule has 27 heavy (non-hydrogen) atoms. The Bertz CT molecular complexity index is 717. The summed E-state index contributed by atoms with van der Waals surface area (Å²) in [5.74, 6) is -5.28. The minimum absolute atomic E-state index is 0.130. The normalized spacial score (nSPS) is 12.6. The monoisotopic (exact) mass is 380 g/mol. The molecule has 0 spiro atoms. The van der Waals surface area contributed by atoms with Gasteiger partial charge in [0.15, 0.2) is 0 Å². The first kappa shape index (κ1) is 21.6. The molecular formula is C17H20N2O8. The third-order valence-corrected chi connectivity index (χ3v) is 3.41. The van der Waals surface area contributed by atoms with Crippen LogP contribution < -0.4 is 10.6 Å². The molecule has 0 unspecified atom stereocenters. The van der Waals surface area contributed by atoms with Gasteiger partial charge in [0.25, 0.3) is 0 Å². The van der Waals surface area contributed by atoms with Crippen LogP contribution in [0.15, 0.2) is 30.3 Å². The van der Waals surface area contributed by atoms with Crippen molar-refractivity contribution in [2.24, 2.45) is 5.92 Å². The molecule has 0 fully saturated rings. The number of esters is 1. The molecule has 2 atom stereocenters. The summed E-state index contributed by atoms with van der Waals surface area (Å²) in [6, 6.07) is 4.79. The van der Waals surface area contributed by atoms with Crippen molar-refractivity contribution in [3.8, 4) is 0 Å². The van der Waals surface area contributed by atoms with E-state index < -0.39 is 54.3 Å². The molecular weight excluding hydrogens is 360 g/mol. The van der Waals surface area contributed by atoms with Crippen molar-refractivity contribution in [1.82, 2.24) is 10.6 Å². The van der Waals surface area contributed by atoms with Gasteiger partial charge in [-0.1, -0.05) is 32.0 Å². The summed E-state index contributed by atoms with van der Waals surface area (Å²) in [6.45, 7) is 3.13. The van der Waals surface area contributed by atoms with Gasteiger partial charge in [-0.3, -0.25) is 9.59 Å². The largest absolute Gasteiger partial charge is 0.481 e. The van der Waals surface area contributed by atoms with E-state index in [4.69, 9.17) is 10.2 Å². The Morgan fingerprint density at radius 2 is 1.59 bits per heavy atom. The van der Waals surface area contributed by atoms with Crippen LogP contribution in [0, 0.1) is 5.92 Å². The highest BCUT2D eigenvalue weighted by molar-refractivity contribution is 5.97. The predicted octanol–water partition coefficient (Wildman–Crippen LogP) is 0.622. The molecule has 0 saturated carbocycles. The molecule has 2 amide bonds. The van der Waals surface area contributed by atoms with Gasteiger partial charge >= 0.3 is 24.0 Å². The molecule has 10 heteroatoms. The van der Waals surface area contributed by atoms with Gasteiger partial charge in [0.05, 0.1) is 12.0 Å². The predicted molar refractivity (Wildman–Crippen MR) is 90.8 cm³/mol. The smallest absolute Gasteiger partial charge is 0.415 e. The third-order valence-electron chi connectivity index (χ3n) is 3.41. The van der Waals surface area contributed by atoms with E-state index in [-0.39, 0.29) is 5.56 Å². The molecule has 4 N–H and O–H groups in total. The number of carboxylic acids is 2. The number of carboxylic acid groups (broad SMARTS) is 2. The molecule has 1 aromatic carbocycles.